The molecule has 1 fully saturated rings. The maximum Gasteiger partial charge on any atom is 0.197 e. The molecule has 7 nitrogen and oxygen atoms in total. The van der Waals surface area contributed by atoms with Crippen LogP contribution in [0.1, 0.15) is 38.7 Å². The number of hydrogen-bond donors (Lipinski definition) is 4. The third-order valence-corrected chi connectivity index (χ3v) is 6.65. The van der Waals surface area contributed by atoms with E-state index >= 15 is 0 Å². The van der Waals surface area contributed by atoms with E-state index in [4.69, 9.17) is 16.0 Å². The number of phenols is 2. The third kappa shape index (κ3) is 3.60. The number of halogens is 1. The molecule has 0 spiro atoms. The number of rotatable bonds is 4. The zero-order chi connectivity index (χ0) is 23.4. The maximum atomic E-state index is 13.0. The molecule has 3 aromatic rings. The Labute approximate surface area is 190 Å². The largest absolute Gasteiger partial charge is 0.507 e. The molecule has 0 radical (unpaired) electrons. The molecule has 2 atom stereocenters. The van der Waals surface area contributed by atoms with Crippen LogP contribution in [0.15, 0.2) is 39.5 Å². The van der Waals surface area contributed by atoms with Gasteiger partial charge in [0.1, 0.15) is 34.0 Å². The standard InChI is InChI=1S/C24H27ClN2O5/c1-12(2)26-15-7-5-6-13(22(15)25)19-11-18(30)21-17(29)10-16(28)20(23(21)32-19)14-8-9-27(4)24(14,3)31/h5-7,10-12,14,26,28-29,31H,8-9H2,1-4H3. The molecule has 2 unspecified atom stereocenters. The minimum Gasteiger partial charge on any atom is -0.507 e. The Morgan fingerprint density at radius 1 is 1.25 bits per heavy atom. The van der Waals surface area contributed by atoms with Gasteiger partial charge in [-0.2, -0.15) is 0 Å². The van der Waals surface area contributed by atoms with Crippen molar-refractivity contribution < 1.29 is 19.7 Å². The van der Waals surface area contributed by atoms with Crippen LogP contribution in [-0.4, -0.2) is 45.6 Å². The van der Waals surface area contributed by atoms with Gasteiger partial charge in [0.15, 0.2) is 5.43 Å². The molecule has 1 aliphatic heterocycles. The fourth-order valence-corrected chi connectivity index (χ4v) is 4.72. The van der Waals surface area contributed by atoms with Gasteiger partial charge < -0.3 is 25.1 Å². The molecule has 2 heterocycles. The second-order valence-electron chi connectivity index (χ2n) is 8.83. The van der Waals surface area contributed by atoms with Crippen molar-refractivity contribution in [3.8, 4) is 22.8 Å². The van der Waals surface area contributed by atoms with Crippen LogP contribution in [-0.2, 0) is 0 Å². The fraction of sp³-hybridized carbons (Fsp3) is 0.375. The van der Waals surface area contributed by atoms with Gasteiger partial charge in [-0.3, -0.25) is 9.69 Å². The van der Waals surface area contributed by atoms with E-state index in [0.717, 1.165) is 6.07 Å². The molecule has 0 bridgehead atoms. The molecule has 32 heavy (non-hydrogen) atoms. The molecular formula is C24H27ClN2O5. The third-order valence-electron chi connectivity index (χ3n) is 6.24. The monoisotopic (exact) mass is 458 g/mol. The Hall–Kier alpha value is -2.74. The lowest BCUT2D eigenvalue weighted by molar-refractivity contribution is -0.0627. The summed E-state index contributed by atoms with van der Waals surface area (Å²) in [5, 5.41) is 35.8. The average Bonchev–Trinajstić information content (AvgIpc) is 2.95. The molecule has 8 heteroatoms. The molecule has 170 valence electrons. The second kappa shape index (κ2) is 7.99. The molecule has 4 rings (SSSR count). The van der Waals surface area contributed by atoms with E-state index in [1.807, 2.05) is 19.9 Å². The molecular weight excluding hydrogens is 432 g/mol. The molecule has 1 saturated heterocycles. The highest BCUT2D eigenvalue weighted by Crippen LogP contribution is 2.47. The van der Waals surface area contributed by atoms with Gasteiger partial charge in [-0.05, 0) is 46.4 Å². The summed E-state index contributed by atoms with van der Waals surface area (Å²) in [6.07, 6.45) is 0.541. The highest BCUT2D eigenvalue weighted by molar-refractivity contribution is 6.35. The predicted molar refractivity (Wildman–Crippen MR) is 126 cm³/mol. The van der Waals surface area contributed by atoms with Gasteiger partial charge in [0.05, 0.1) is 10.7 Å². The summed E-state index contributed by atoms with van der Waals surface area (Å²) in [5.74, 6) is -0.943. The van der Waals surface area contributed by atoms with Crippen LogP contribution in [0, 0.1) is 0 Å². The number of likely N-dealkylation sites (tertiary alicyclic amines) is 1. The van der Waals surface area contributed by atoms with Gasteiger partial charge in [-0.15, -0.1) is 0 Å². The normalized spacial score (nSPS) is 21.5. The first-order chi connectivity index (χ1) is 15.0. The van der Waals surface area contributed by atoms with Crippen molar-refractivity contribution in [2.24, 2.45) is 0 Å². The molecule has 1 aliphatic rings. The van der Waals surface area contributed by atoms with Crippen LogP contribution in [0.3, 0.4) is 0 Å². The number of hydrogen-bond acceptors (Lipinski definition) is 7. The Kier molecular flexibility index (Phi) is 5.61. The Morgan fingerprint density at radius 2 is 1.97 bits per heavy atom. The SMILES string of the molecule is CC(C)Nc1cccc(-c2cc(=O)c3c(O)cc(O)c(C4CCN(C)C4(C)O)c3o2)c1Cl. The van der Waals surface area contributed by atoms with Crippen LogP contribution in [0.2, 0.25) is 5.02 Å². The van der Waals surface area contributed by atoms with Gasteiger partial charge in [0, 0.05) is 41.8 Å². The van der Waals surface area contributed by atoms with E-state index in [1.54, 1.807) is 31.0 Å². The summed E-state index contributed by atoms with van der Waals surface area (Å²) < 4.78 is 6.14. The number of anilines is 1. The fourth-order valence-electron chi connectivity index (χ4n) is 4.44. The maximum absolute atomic E-state index is 13.0. The van der Waals surface area contributed by atoms with E-state index in [0.29, 0.717) is 34.8 Å². The smallest absolute Gasteiger partial charge is 0.197 e. The van der Waals surface area contributed by atoms with Crippen molar-refractivity contribution in [2.45, 2.75) is 44.9 Å². The summed E-state index contributed by atoms with van der Waals surface area (Å²) in [5.41, 5.74) is -0.206. The zero-order valence-electron chi connectivity index (χ0n) is 18.4. The number of nitrogens with one attached hydrogen (secondary N) is 1. The van der Waals surface area contributed by atoms with E-state index < -0.39 is 17.1 Å². The predicted octanol–water partition coefficient (Wildman–Crippen LogP) is 4.47. The molecule has 0 saturated carbocycles. The Bertz CT molecular complexity index is 1250. The lowest BCUT2D eigenvalue weighted by atomic mass is 9.87. The number of nitrogens with zero attached hydrogens (tertiary/aromatic N) is 1. The minimum absolute atomic E-state index is 0.0421. The molecule has 0 aliphatic carbocycles. The first-order valence-electron chi connectivity index (χ1n) is 10.5. The summed E-state index contributed by atoms with van der Waals surface area (Å²) in [6, 6.07) is 7.92. The van der Waals surface area contributed by atoms with Gasteiger partial charge in [0.25, 0.3) is 0 Å². The van der Waals surface area contributed by atoms with Crippen molar-refractivity contribution in [3.05, 3.63) is 51.1 Å². The lowest BCUT2D eigenvalue weighted by Crippen LogP contribution is -2.41. The average molecular weight is 459 g/mol. The first-order valence-corrected chi connectivity index (χ1v) is 10.9. The van der Waals surface area contributed by atoms with Crippen LogP contribution in [0.4, 0.5) is 5.69 Å². The molecule has 1 aromatic heterocycles. The number of likely N-dealkylation sites (N-methyl/N-ethyl adjacent to an activating group) is 1. The first kappa shape index (κ1) is 22.5. The van der Waals surface area contributed by atoms with Crippen molar-refractivity contribution in [1.82, 2.24) is 4.90 Å². The lowest BCUT2D eigenvalue weighted by Gasteiger charge is -2.32. The summed E-state index contributed by atoms with van der Waals surface area (Å²) in [6.45, 7) is 6.23. The molecule has 0 amide bonds. The molecule has 4 N–H and O–H groups in total. The summed E-state index contributed by atoms with van der Waals surface area (Å²) >= 11 is 6.61. The van der Waals surface area contributed by atoms with E-state index in [2.05, 4.69) is 5.32 Å². The zero-order valence-corrected chi connectivity index (χ0v) is 19.2. The summed E-state index contributed by atoms with van der Waals surface area (Å²) in [7, 11) is 1.79. The van der Waals surface area contributed by atoms with Crippen LogP contribution >= 0.6 is 11.6 Å². The van der Waals surface area contributed by atoms with Gasteiger partial charge in [0.2, 0.25) is 0 Å². The van der Waals surface area contributed by atoms with Crippen LogP contribution < -0.4 is 10.7 Å². The van der Waals surface area contributed by atoms with Crippen LogP contribution in [0.5, 0.6) is 11.5 Å². The quantitative estimate of drug-likeness (QED) is 0.457. The van der Waals surface area contributed by atoms with E-state index in [9.17, 15) is 20.1 Å². The van der Waals surface area contributed by atoms with Crippen molar-refractivity contribution in [2.75, 3.05) is 18.9 Å². The number of benzene rings is 2. The number of phenolic OH excluding ortho intramolecular Hbond substituents is 2. The van der Waals surface area contributed by atoms with Gasteiger partial charge >= 0.3 is 0 Å². The highest BCUT2D eigenvalue weighted by Gasteiger charge is 2.45. The van der Waals surface area contributed by atoms with Gasteiger partial charge in [-0.25, -0.2) is 0 Å². The number of fused-ring (bicyclic) bond motifs is 1. The highest BCUT2D eigenvalue weighted by atomic mass is 35.5. The number of aromatic hydroxyl groups is 2. The molecule has 2 aromatic carbocycles. The number of aliphatic hydroxyl groups is 1. The second-order valence-corrected chi connectivity index (χ2v) is 9.21. The van der Waals surface area contributed by atoms with E-state index in [-0.39, 0.29) is 34.3 Å². The van der Waals surface area contributed by atoms with Crippen LogP contribution in [0.25, 0.3) is 22.3 Å². The minimum atomic E-state index is -1.27. The Balaban J connectivity index is 1.99. The van der Waals surface area contributed by atoms with Crippen molar-refractivity contribution in [1.29, 1.82) is 0 Å². The summed E-state index contributed by atoms with van der Waals surface area (Å²) in [4.78, 5) is 14.8. The van der Waals surface area contributed by atoms with E-state index in [1.165, 1.54) is 6.07 Å². The Morgan fingerprint density at radius 3 is 2.59 bits per heavy atom. The topological polar surface area (TPSA) is 106 Å². The van der Waals surface area contributed by atoms with Crippen molar-refractivity contribution in [3.63, 3.8) is 0 Å². The van der Waals surface area contributed by atoms with Crippen molar-refractivity contribution >= 4 is 28.3 Å². The van der Waals surface area contributed by atoms with Gasteiger partial charge in [-0.1, -0.05) is 17.7 Å².